The van der Waals surface area contributed by atoms with Gasteiger partial charge in [0.05, 0.1) is 19.4 Å². The quantitative estimate of drug-likeness (QED) is 0.526. The Kier molecular flexibility index (Phi) is 5.47. The zero-order valence-corrected chi connectivity index (χ0v) is 17.2. The van der Waals surface area contributed by atoms with E-state index in [0.29, 0.717) is 24.9 Å². The SMILES string of the molecule is Cc1cccc(C)c1OCC(=O)N(Cc1ccco1)Cc1ccc(C2CC2C)o1. The number of rotatable bonds is 8. The summed E-state index contributed by atoms with van der Waals surface area (Å²) < 4.78 is 17.4. The Balaban J connectivity index is 1.45. The van der Waals surface area contributed by atoms with Gasteiger partial charge in [0.15, 0.2) is 6.61 Å². The van der Waals surface area contributed by atoms with Crippen LogP contribution in [0.4, 0.5) is 0 Å². The maximum atomic E-state index is 13.0. The summed E-state index contributed by atoms with van der Waals surface area (Å²) in [4.78, 5) is 14.7. The second kappa shape index (κ2) is 8.19. The van der Waals surface area contributed by atoms with E-state index in [9.17, 15) is 4.79 Å². The lowest BCUT2D eigenvalue weighted by atomic mass is 10.1. The van der Waals surface area contributed by atoms with Crippen LogP contribution in [0.3, 0.4) is 0 Å². The Morgan fingerprint density at radius 1 is 1.07 bits per heavy atom. The molecule has 29 heavy (non-hydrogen) atoms. The summed E-state index contributed by atoms with van der Waals surface area (Å²) in [6.07, 6.45) is 2.79. The molecule has 2 atom stereocenters. The average molecular weight is 393 g/mol. The molecule has 152 valence electrons. The predicted octanol–water partition coefficient (Wildman–Crippen LogP) is 5.22. The van der Waals surface area contributed by atoms with Crippen LogP contribution in [0.2, 0.25) is 0 Å². The third kappa shape index (κ3) is 4.56. The number of aryl methyl sites for hydroxylation is 2. The van der Waals surface area contributed by atoms with Crippen LogP contribution in [-0.2, 0) is 17.9 Å². The molecule has 0 radical (unpaired) electrons. The zero-order chi connectivity index (χ0) is 20.4. The molecule has 0 saturated heterocycles. The maximum absolute atomic E-state index is 13.0. The molecular formula is C24H27NO4. The topological polar surface area (TPSA) is 55.8 Å². The lowest BCUT2D eigenvalue weighted by molar-refractivity contribution is -0.135. The minimum absolute atomic E-state index is 0.0281. The van der Waals surface area contributed by atoms with E-state index in [-0.39, 0.29) is 12.5 Å². The van der Waals surface area contributed by atoms with E-state index in [4.69, 9.17) is 13.6 Å². The van der Waals surface area contributed by atoms with Crippen molar-refractivity contribution in [3.05, 3.63) is 77.1 Å². The van der Waals surface area contributed by atoms with Crippen LogP contribution in [0.5, 0.6) is 5.75 Å². The van der Waals surface area contributed by atoms with Crippen molar-refractivity contribution in [3.8, 4) is 5.75 Å². The number of benzene rings is 1. The molecule has 5 nitrogen and oxygen atoms in total. The molecule has 0 spiro atoms. The van der Waals surface area contributed by atoms with Crippen molar-refractivity contribution in [1.82, 2.24) is 4.90 Å². The van der Waals surface area contributed by atoms with Gasteiger partial charge >= 0.3 is 0 Å². The van der Waals surface area contributed by atoms with Gasteiger partial charge in [0.2, 0.25) is 0 Å². The molecule has 1 saturated carbocycles. The average Bonchev–Trinajstić information content (AvgIpc) is 3.09. The normalized spacial score (nSPS) is 17.9. The Morgan fingerprint density at radius 3 is 2.45 bits per heavy atom. The number of furan rings is 2. The molecule has 2 aromatic heterocycles. The first-order valence-corrected chi connectivity index (χ1v) is 10.1. The summed E-state index contributed by atoms with van der Waals surface area (Å²) in [5.41, 5.74) is 2.04. The van der Waals surface area contributed by atoms with Gasteiger partial charge in [0.1, 0.15) is 23.0 Å². The summed E-state index contributed by atoms with van der Waals surface area (Å²) in [6.45, 7) is 6.92. The van der Waals surface area contributed by atoms with E-state index in [0.717, 1.165) is 34.2 Å². The molecule has 4 rings (SSSR count). The molecule has 2 heterocycles. The zero-order valence-electron chi connectivity index (χ0n) is 17.2. The van der Waals surface area contributed by atoms with Crippen LogP contribution in [0.15, 0.2) is 57.6 Å². The number of carbonyl (C=O) groups excluding carboxylic acids is 1. The molecule has 1 amide bonds. The molecule has 3 aromatic rings. The molecule has 0 N–H and O–H groups in total. The van der Waals surface area contributed by atoms with Crippen LogP contribution in [-0.4, -0.2) is 17.4 Å². The fraction of sp³-hybridized carbons (Fsp3) is 0.375. The largest absolute Gasteiger partial charge is 0.483 e. The third-order valence-corrected chi connectivity index (χ3v) is 5.53. The Hall–Kier alpha value is -2.95. The van der Waals surface area contributed by atoms with E-state index >= 15 is 0 Å². The molecule has 1 aromatic carbocycles. The second-order valence-corrected chi connectivity index (χ2v) is 7.96. The number of nitrogens with zero attached hydrogens (tertiary/aromatic N) is 1. The van der Waals surface area contributed by atoms with Gasteiger partial charge in [-0.05, 0) is 61.6 Å². The standard InChI is InChI=1S/C24H27NO4/c1-16-6-4-7-17(2)24(16)28-15-23(26)25(13-19-8-5-11-27-19)14-20-9-10-22(29-20)21-12-18(21)3/h4-11,18,21H,12-15H2,1-3H3. The summed E-state index contributed by atoms with van der Waals surface area (Å²) in [5, 5.41) is 0. The lowest BCUT2D eigenvalue weighted by Gasteiger charge is -2.21. The highest BCUT2D eigenvalue weighted by molar-refractivity contribution is 5.77. The van der Waals surface area contributed by atoms with Crippen LogP contribution < -0.4 is 4.74 Å². The second-order valence-electron chi connectivity index (χ2n) is 7.96. The van der Waals surface area contributed by atoms with Gasteiger partial charge in [-0.1, -0.05) is 25.1 Å². The van der Waals surface area contributed by atoms with Gasteiger partial charge in [0.25, 0.3) is 5.91 Å². The van der Waals surface area contributed by atoms with Crippen molar-refractivity contribution in [1.29, 1.82) is 0 Å². The van der Waals surface area contributed by atoms with Gasteiger partial charge < -0.3 is 18.5 Å². The molecular weight excluding hydrogens is 366 g/mol. The van der Waals surface area contributed by atoms with E-state index in [1.807, 2.05) is 56.3 Å². The number of amides is 1. The van der Waals surface area contributed by atoms with Crippen LogP contribution >= 0.6 is 0 Å². The first-order chi connectivity index (χ1) is 14.0. The van der Waals surface area contributed by atoms with E-state index in [1.165, 1.54) is 6.42 Å². The lowest BCUT2D eigenvalue weighted by Crippen LogP contribution is -2.34. The van der Waals surface area contributed by atoms with Crippen molar-refractivity contribution in [2.45, 2.75) is 46.2 Å². The van der Waals surface area contributed by atoms with E-state index < -0.39 is 0 Å². The smallest absolute Gasteiger partial charge is 0.261 e. The van der Waals surface area contributed by atoms with E-state index in [1.54, 1.807) is 11.2 Å². The highest BCUT2D eigenvalue weighted by Gasteiger charge is 2.36. The van der Waals surface area contributed by atoms with Crippen LogP contribution in [0, 0.1) is 19.8 Å². The number of hydrogen-bond donors (Lipinski definition) is 0. The highest BCUT2D eigenvalue weighted by atomic mass is 16.5. The summed E-state index contributed by atoms with van der Waals surface area (Å²) in [7, 11) is 0. The number of carbonyl (C=O) groups is 1. The minimum atomic E-state index is -0.109. The van der Waals surface area contributed by atoms with Crippen molar-refractivity contribution in [2.75, 3.05) is 6.61 Å². The van der Waals surface area contributed by atoms with Crippen LogP contribution in [0.25, 0.3) is 0 Å². The van der Waals surface area contributed by atoms with Crippen LogP contribution in [0.1, 0.15) is 47.7 Å². The first kappa shape index (κ1) is 19.4. The van der Waals surface area contributed by atoms with Gasteiger partial charge in [-0.3, -0.25) is 4.79 Å². The Labute approximate surface area is 171 Å². The summed E-state index contributed by atoms with van der Waals surface area (Å²) in [6, 6.07) is 13.6. The molecule has 1 aliphatic carbocycles. The van der Waals surface area contributed by atoms with Gasteiger partial charge in [-0.2, -0.15) is 0 Å². The fourth-order valence-corrected chi connectivity index (χ4v) is 3.66. The number of ether oxygens (including phenoxy) is 1. The fourth-order valence-electron chi connectivity index (χ4n) is 3.66. The molecule has 0 aliphatic heterocycles. The molecule has 5 heteroatoms. The molecule has 2 unspecified atom stereocenters. The molecule has 1 aliphatic rings. The molecule has 0 bridgehead atoms. The Bertz CT molecular complexity index is 952. The molecule has 1 fully saturated rings. The number of hydrogen-bond acceptors (Lipinski definition) is 4. The van der Waals surface area contributed by atoms with Gasteiger partial charge in [0, 0.05) is 5.92 Å². The number of para-hydroxylation sites is 1. The van der Waals surface area contributed by atoms with Crippen molar-refractivity contribution in [2.24, 2.45) is 5.92 Å². The van der Waals surface area contributed by atoms with E-state index in [2.05, 4.69) is 6.92 Å². The predicted molar refractivity (Wildman–Crippen MR) is 110 cm³/mol. The van der Waals surface area contributed by atoms with Gasteiger partial charge in [-0.25, -0.2) is 0 Å². The highest BCUT2D eigenvalue weighted by Crippen LogP contribution is 2.47. The monoisotopic (exact) mass is 393 g/mol. The minimum Gasteiger partial charge on any atom is -0.483 e. The maximum Gasteiger partial charge on any atom is 0.261 e. The van der Waals surface area contributed by atoms with Crippen molar-refractivity contribution >= 4 is 5.91 Å². The summed E-state index contributed by atoms with van der Waals surface area (Å²) >= 11 is 0. The van der Waals surface area contributed by atoms with Crippen molar-refractivity contribution < 1.29 is 18.4 Å². The first-order valence-electron chi connectivity index (χ1n) is 10.1. The third-order valence-electron chi connectivity index (χ3n) is 5.53. The van der Waals surface area contributed by atoms with Gasteiger partial charge in [-0.15, -0.1) is 0 Å². The van der Waals surface area contributed by atoms with Crippen molar-refractivity contribution in [3.63, 3.8) is 0 Å². The summed E-state index contributed by atoms with van der Waals surface area (Å²) in [5.74, 6) is 4.39. The Morgan fingerprint density at radius 2 is 1.79 bits per heavy atom.